The minimum absolute atomic E-state index is 0.0269. The Labute approximate surface area is 104 Å². The van der Waals surface area contributed by atoms with Crippen LogP contribution in [0.15, 0.2) is 18.5 Å². The van der Waals surface area contributed by atoms with Crippen LogP contribution in [-0.2, 0) is 9.59 Å². The molecule has 0 aromatic carbocycles. The maximum Gasteiger partial charge on any atom is 0.251 e. The number of nitrogens with zero attached hydrogens (tertiary/aromatic N) is 3. The second kappa shape index (κ2) is 4.11. The van der Waals surface area contributed by atoms with E-state index in [0.717, 1.165) is 0 Å². The summed E-state index contributed by atoms with van der Waals surface area (Å²) in [6.45, 7) is 3.42. The van der Waals surface area contributed by atoms with Crippen LogP contribution in [0, 0.1) is 11.3 Å². The fourth-order valence-corrected chi connectivity index (χ4v) is 1.86. The monoisotopic (exact) mass is 244 g/mol. The highest BCUT2D eigenvalue weighted by atomic mass is 16.2. The van der Waals surface area contributed by atoms with Gasteiger partial charge in [0.05, 0.1) is 24.0 Å². The van der Waals surface area contributed by atoms with Crippen LogP contribution in [0.3, 0.4) is 0 Å². The fraction of sp³-hybridized carbons (Fsp3) is 0.333. The lowest BCUT2D eigenvalue weighted by molar-refractivity contribution is -0.135. The average Bonchev–Trinajstić information content (AvgIpc) is 2.34. The van der Waals surface area contributed by atoms with Gasteiger partial charge in [0, 0.05) is 6.20 Å². The number of carbonyl (C=O) groups is 2. The van der Waals surface area contributed by atoms with Gasteiger partial charge in [-0.3, -0.25) is 19.9 Å². The lowest BCUT2D eigenvalue weighted by Gasteiger charge is -2.41. The summed E-state index contributed by atoms with van der Waals surface area (Å²) in [5.41, 5.74) is -0.0171. The van der Waals surface area contributed by atoms with Crippen molar-refractivity contribution in [3.63, 3.8) is 0 Å². The van der Waals surface area contributed by atoms with Crippen LogP contribution >= 0.6 is 0 Å². The molecule has 0 unspecified atom stereocenters. The molecule has 92 valence electrons. The van der Waals surface area contributed by atoms with E-state index in [0.29, 0.717) is 11.3 Å². The molecule has 1 aromatic rings. The summed E-state index contributed by atoms with van der Waals surface area (Å²) in [4.78, 5) is 28.8. The van der Waals surface area contributed by atoms with E-state index in [2.05, 4.69) is 10.3 Å². The van der Waals surface area contributed by atoms with E-state index in [4.69, 9.17) is 5.26 Å². The standard InChI is InChI=1S/C12H12N4O2/c1-12(2)11(18)15-10(17)7-16(12)9-6-14-4-3-8(9)5-13/h3-4,6H,7H2,1-2H3,(H,15,17,18). The van der Waals surface area contributed by atoms with Crippen LogP contribution in [0.5, 0.6) is 0 Å². The number of aromatic nitrogens is 1. The summed E-state index contributed by atoms with van der Waals surface area (Å²) in [6.07, 6.45) is 2.99. The fourth-order valence-electron chi connectivity index (χ4n) is 1.86. The topological polar surface area (TPSA) is 86.1 Å². The third-order valence-electron chi connectivity index (χ3n) is 3.00. The van der Waals surface area contributed by atoms with Gasteiger partial charge in [0.15, 0.2) is 0 Å². The second-order valence-electron chi connectivity index (χ2n) is 4.53. The molecular weight excluding hydrogens is 232 g/mol. The SMILES string of the molecule is CC1(C)C(=O)NC(=O)CN1c1cnccc1C#N. The molecule has 0 radical (unpaired) electrons. The Hall–Kier alpha value is -2.42. The van der Waals surface area contributed by atoms with Crippen molar-refractivity contribution in [2.45, 2.75) is 19.4 Å². The first-order chi connectivity index (χ1) is 8.46. The summed E-state index contributed by atoms with van der Waals surface area (Å²) in [5.74, 6) is -0.765. The highest BCUT2D eigenvalue weighted by Gasteiger charge is 2.41. The predicted octanol–water partition coefficient (Wildman–Crippen LogP) is 0.195. The smallest absolute Gasteiger partial charge is 0.251 e. The van der Waals surface area contributed by atoms with Gasteiger partial charge in [-0.15, -0.1) is 0 Å². The van der Waals surface area contributed by atoms with Crippen molar-refractivity contribution >= 4 is 17.5 Å². The first-order valence-corrected chi connectivity index (χ1v) is 5.43. The summed E-state index contributed by atoms with van der Waals surface area (Å²) >= 11 is 0. The van der Waals surface area contributed by atoms with E-state index >= 15 is 0 Å². The van der Waals surface area contributed by atoms with Gasteiger partial charge in [-0.2, -0.15) is 5.26 Å². The van der Waals surface area contributed by atoms with Crippen LogP contribution in [0.2, 0.25) is 0 Å². The molecule has 2 heterocycles. The number of anilines is 1. The molecule has 6 heteroatoms. The number of rotatable bonds is 1. The van der Waals surface area contributed by atoms with Crippen molar-refractivity contribution in [2.24, 2.45) is 0 Å². The zero-order chi connectivity index (χ0) is 13.3. The number of nitrogens with one attached hydrogen (secondary N) is 1. The molecule has 1 aliphatic rings. The van der Waals surface area contributed by atoms with Gasteiger partial charge in [-0.1, -0.05) is 0 Å². The van der Waals surface area contributed by atoms with Gasteiger partial charge in [-0.25, -0.2) is 0 Å². The number of nitriles is 1. The number of hydrogen-bond donors (Lipinski definition) is 1. The maximum atomic E-state index is 11.8. The third-order valence-corrected chi connectivity index (χ3v) is 3.00. The van der Waals surface area contributed by atoms with Crippen LogP contribution in [0.25, 0.3) is 0 Å². The molecule has 1 N–H and O–H groups in total. The van der Waals surface area contributed by atoms with Gasteiger partial charge in [-0.05, 0) is 19.9 Å². The molecule has 0 aliphatic carbocycles. The number of piperazine rings is 1. The molecule has 1 saturated heterocycles. The number of imide groups is 1. The molecule has 18 heavy (non-hydrogen) atoms. The zero-order valence-corrected chi connectivity index (χ0v) is 10.1. The Kier molecular flexibility index (Phi) is 2.75. The van der Waals surface area contributed by atoms with Crippen molar-refractivity contribution < 1.29 is 9.59 Å². The van der Waals surface area contributed by atoms with Gasteiger partial charge in [0.25, 0.3) is 5.91 Å². The molecule has 1 fully saturated rings. The molecule has 1 aliphatic heterocycles. The molecule has 0 bridgehead atoms. The number of hydrogen-bond acceptors (Lipinski definition) is 5. The number of amides is 2. The first-order valence-electron chi connectivity index (χ1n) is 5.43. The lowest BCUT2D eigenvalue weighted by atomic mass is 9.97. The Bertz CT molecular complexity index is 559. The Balaban J connectivity index is 2.51. The third kappa shape index (κ3) is 1.80. The van der Waals surface area contributed by atoms with E-state index in [-0.39, 0.29) is 18.4 Å². The van der Waals surface area contributed by atoms with Crippen molar-refractivity contribution in [1.29, 1.82) is 5.26 Å². The average molecular weight is 244 g/mol. The van der Waals surface area contributed by atoms with Gasteiger partial charge in [0.1, 0.15) is 11.6 Å². The summed E-state index contributed by atoms with van der Waals surface area (Å²) in [5, 5.41) is 11.3. The minimum atomic E-state index is -0.900. The summed E-state index contributed by atoms with van der Waals surface area (Å²) in [7, 11) is 0. The van der Waals surface area contributed by atoms with Crippen molar-refractivity contribution in [3.8, 4) is 6.07 Å². The molecule has 0 saturated carbocycles. The largest absolute Gasteiger partial charge is 0.346 e. The summed E-state index contributed by atoms with van der Waals surface area (Å²) < 4.78 is 0. The van der Waals surface area contributed by atoms with E-state index in [1.165, 1.54) is 12.4 Å². The molecule has 1 aromatic heterocycles. The van der Waals surface area contributed by atoms with E-state index < -0.39 is 5.54 Å². The number of carbonyl (C=O) groups excluding carboxylic acids is 2. The van der Waals surface area contributed by atoms with Crippen molar-refractivity contribution in [1.82, 2.24) is 10.3 Å². The second-order valence-corrected chi connectivity index (χ2v) is 4.53. The lowest BCUT2D eigenvalue weighted by Crippen LogP contribution is -2.64. The van der Waals surface area contributed by atoms with Gasteiger partial charge in [0.2, 0.25) is 5.91 Å². The molecule has 0 atom stereocenters. The van der Waals surface area contributed by atoms with Crippen LogP contribution in [-0.4, -0.2) is 28.9 Å². The van der Waals surface area contributed by atoms with Crippen molar-refractivity contribution in [3.05, 3.63) is 24.0 Å². The molecule has 2 rings (SSSR count). The zero-order valence-electron chi connectivity index (χ0n) is 10.1. The van der Waals surface area contributed by atoms with Gasteiger partial charge < -0.3 is 4.90 Å². The van der Waals surface area contributed by atoms with Gasteiger partial charge >= 0.3 is 0 Å². The van der Waals surface area contributed by atoms with Crippen LogP contribution in [0.1, 0.15) is 19.4 Å². The summed E-state index contributed by atoms with van der Waals surface area (Å²) in [6, 6.07) is 3.59. The normalized spacial score (nSPS) is 18.2. The number of pyridine rings is 1. The Morgan fingerprint density at radius 3 is 2.89 bits per heavy atom. The molecule has 6 nitrogen and oxygen atoms in total. The van der Waals surface area contributed by atoms with E-state index in [1.54, 1.807) is 24.8 Å². The predicted molar refractivity (Wildman–Crippen MR) is 63.5 cm³/mol. The minimum Gasteiger partial charge on any atom is -0.346 e. The van der Waals surface area contributed by atoms with Crippen LogP contribution in [0.4, 0.5) is 5.69 Å². The highest BCUT2D eigenvalue weighted by Crippen LogP contribution is 2.28. The van der Waals surface area contributed by atoms with Crippen LogP contribution < -0.4 is 10.2 Å². The molecular formula is C12H12N4O2. The Morgan fingerprint density at radius 2 is 2.22 bits per heavy atom. The quantitative estimate of drug-likeness (QED) is 0.713. The van der Waals surface area contributed by atoms with Crippen molar-refractivity contribution in [2.75, 3.05) is 11.4 Å². The van der Waals surface area contributed by atoms with E-state index in [9.17, 15) is 9.59 Å². The molecule has 0 spiro atoms. The Morgan fingerprint density at radius 1 is 1.50 bits per heavy atom. The highest BCUT2D eigenvalue weighted by molar-refractivity contribution is 6.06. The molecule has 2 amide bonds. The first kappa shape index (κ1) is 12.0. The van der Waals surface area contributed by atoms with E-state index in [1.807, 2.05) is 6.07 Å². The maximum absolute atomic E-state index is 11.8.